The zero-order valence-electron chi connectivity index (χ0n) is 45.2. The van der Waals surface area contributed by atoms with Crippen LogP contribution in [0.15, 0.2) is 279 Å². The molecule has 2 aromatic heterocycles. The maximum absolute atomic E-state index is 7.25. The minimum absolute atomic E-state index is 0.596. The minimum atomic E-state index is -0.749. The van der Waals surface area contributed by atoms with Crippen molar-refractivity contribution in [3.05, 3.63) is 324 Å². The van der Waals surface area contributed by atoms with E-state index in [4.69, 9.17) is 29.4 Å². The van der Waals surface area contributed by atoms with E-state index in [1.807, 2.05) is 24.3 Å². The Kier molecular flexibility index (Phi) is 9.83. The Labute approximate surface area is 484 Å². The summed E-state index contributed by atoms with van der Waals surface area (Å²) in [5, 5.41) is 1.92. The van der Waals surface area contributed by atoms with Gasteiger partial charge in [-0.1, -0.05) is 237 Å². The predicted molar refractivity (Wildman–Crippen MR) is 335 cm³/mol. The lowest BCUT2D eigenvalue weighted by Gasteiger charge is -2.40. The number of aromatic nitrogens is 4. The third-order valence-corrected chi connectivity index (χ3v) is 18.0. The van der Waals surface area contributed by atoms with Gasteiger partial charge in [0.1, 0.15) is 23.0 Å². The molecule has 84 heavy (non-hydrogen) atoms. The van der Waals surface area contributed by atoms with E-state index in [0.717, 1.165) is 112 Å². The number of ether oxygens (including phenoxy) is 2. The van der Waals surface area contributed by atoms with Gasteiger partial charge in [0.2, 0.25) is 0 Å². The van der Waals surface area contributed by atoms with Crippen LogP contribution >= 0.6 is 0 Å². The largest absolute Gasteiger partial charge is 0.456 e. The van der Waals surface area contributed by atoms with E-state index in [1.54, 1.807) is 0 Å². The Bertz CT molecular complexity index is 5080. The molecule has 4 aliphatic rings. The average Bonchev–Trinajstić information content (AvgIpc) is 1.52. The second-order valence-electron chi connectivity index (χ2n) is 22.2. The van der Waals surface area contributed by atoms with Crippen LogP contribution < -0.4 is 9.47 Å². The van der Waals surface area contributed by atoms with Crippen molar-refractivity contribution in [3.63, 3.8) is 0 Å². The fraction of sp³-hybridized carbons (Fsp3) is 0.0256. The van der Waals surface area contributed by atoms with Crippen molar-refractivity contribution in [2.24, 2.45) is 0 Å². The van der Waals surface area contributed by atoms with Crippen LogP contribution in [0.2, 0.25) is 0 Å². The molecule has 14 aromatic rings. The van der Waals surface area contributed by atoms with E-state index in [-0.39, 0.29) is 0 Å². The molecule has 2 spiro atoms. The first-order valence-corrected chi connectivity index (χ1v) is 28.6. The molecule has 1 atom stereocenters. The average molecular weight is 1070 g/mol. The SMILES string of the molecule is c1ccc(-c2nc(-c3cccc4c3Oc3ccccc3C43c4ccccc4-c4c(-c5cccc(-c6nc(-c7cccc8c7Oc7ccccc7C87c8ccccc8-c8ccccc87)nc7ccccc67)c5)cccc43)c3ccccc3n2)cc1. The first-order chi connectivity index (χ1) is 41.7. The van der Waals surface area contributed by atoms with E-state index in [9.17, 15) is 0 Å². The molecule has 6 heteroatoms. The van der Waals surface area contributed by atoms with Gasteiger partial charge in [-0.3, -0.25) is 0 Å². The van der Waals surface area contributed by atoms with Crippen LogP contribution in [0.25, 0.3) is 100 Å². The third kappa shape index (κ3) is 6.34. The Balaban J connectivity index is 0.819. The highest BCUT2D eigenvalue weighted by Gasteiger charge is 2.53. The molecule has 0 amide bonds. The Morgan fingerprint density at radius 3 is 1.33 bits per heavy atom. The summed E-state index contributed by atoms with van der Waals surface area (Å²) in [7, 11) is 0. The fourth-order valence-corrected chi connectivity index (χ4v) is 14.7. The Hall–Kier alpha value is -11.1. The van der Waals surface area contributed by atoms with Gasteiger partial charge in [-0.05, 0) is 98.1 Å². The molecular formula is C78H46N4O2. The lowest BCUT2D eigenvalue weighted by atomic mass is 9.65. The molecule has 4 heterocycles. The topological polar surface area (TPSA) is 70.0 Å². The van der Waals surface area contributed by atoms with Gasteiger partial charge in [0, 0.05) is 49.7 Å². The van der Waals surface area contributed by atoms with Crippen LogP contribution in [0.4, 0.5) is 0 Å². The quantitative estimate of drug-likeness (QED) is 0.171. The normalized spacial score (nSPS) is 15.0. The first-order valence-electron chi connectivity index (χ1n) is 28.6. The lowest BCUT2D eigenvalue weighted by molar-refractivity contribution is 0.437. The maximum atomic E-state index is 7.25. The van der Waals surface area contributed by atoms with Crippen LogP contribution in [0.1, 0.15) is 44.5 Å². The molecule has 0 bridgehead atoms. The molecule has 1 unspecified atom stereocenters. The molecule has 18 rings (SSSR count). The molecule has 6 nitrogen and oxygen atoms in total. The smallest absolute Gasteiger partial charge is 0.164 e. The Morgan fingerprint density at radius 2 is 0.667 bits per heavy atom. The zero-order valence-corrected chi connectivity index (χ0v) is 45.2. The lowest BCUT2D eigenvalue weighted by Crippen LogP contribution is -2.32. The third-order valence-electron chi connectivity index (χ3n) is 18.0. The molecule has 2 aliphatic heterocycles. The van der Waals surface area contributed by atoms with Gasteiger partial charge in [-0.15, -0.1) is 0 Å². The summed E-state index contributed by atoms with van der Waals surface area (Å²) >= 11 is 0. The summed E-state index contributed by atoms with van der Waals surface area (Å²) < 4.78 is 14.4. The molecular weight excluding hydrogens is 1020 g/mol. The second-order valence-corrected chi connectivity index (χ2v) is 22.2. The van der Waals surface area contributed by atoms with E-state index in [1.165, 1.54) is 44.5 Å². The maximum Gasteiger partial charge on any atom is 0.164 e. The number of rotatable bonds is 5. The van der Waals surface area contributed by atoms with E-state index >= 15 is 0 Å². The number of fused-ring (bicyclic) bond motifs is 20. The van der Waals surface area contributed by atoms with Gasteiger partial charge in [0.15, 0.2) is 11.6 Å². The van der Waals surface area contributed by atoms with E-state index in [0.29, 0.717) is 11.6 Å². The number of benzene rings is 12. The molecule has 0 saturated carbocycles. The van der Waals surface area contributed by atoms with Gasteiger partial charge < -0.3 is 9.47 Å². The van der Waals surface area contributed by atoms with Crippen molar-refractivity contribution < 1.29 is 9.47 Å². The van der Waals surface area contributed by atoms with Crippen molar-refractivity contribution in [1.82, 2.24) is 19.9 Å². The van der Waals surface area contributed by atoms with E-state index in [2.05, 4.69) is 255 Å². The molecule has 12 aromatic carbocycles. The summed E-state index contributed by atoms with van der Waals surface area (Å²) in [4.78, 5) is 21.5. The minimum Gasteiger partial charge on any atom is -0.456 e. The van der Waals surface area contributed by atoms with Crippen molar-refractivity contribution in [2.75, 3.05) is 0 Å². The number of nitrogens with zero attached hydrogens (tertiary/aromatic N) is 4. The van der Waals surface area contributed by atoms with Crippen molar-refractivity contribution >= 4 is 21.8 Å². The second kappa shape index (κ2) is 17.7. The molecule has 0 radical (unpaired) electrons. The van der Waals surface area contributed by atoms with Crippen LogP contribution in [0.3, 0.4) is 0 Å². The van der Waals surface area contributed by atoms with Crippen LogP contribution in [-0.4, -0.2) is 19.9 Å². The van der Waals surface area contributed by atoms with Gasteiger partial charge >= 0.3 is 0 Å². The molecule has 0 fully saturated rings. The van der Waals surface area contributed by atoms with Gasteiger partial charge in [0.25, 0.3) is 0 Å². The highest BCUT2D eigenvalue weighted by atomic mass is 16.5. The summed E-state index contributed by atoms with van der Waals surface area (Å²) in [6.45, 7) is 0. The Morgan fingerprint density at radius 1 is 0.250 bits per heavy atom. The summed E-state index contributed by atoms with van der Waals surface area (Å²) in [6, 6.07) is 99.3. The number of hydrogen-bond acceptors (Lipinski definition) is 6. The first kappa shape index (κ1) is 46.6. The van der Waals surface area contributed by atoms with Crippen molar-refractivity contribution in [3.8, 4) is 102 Å². The highest BCUT2D eigenvalue weighted by molar-refractivity contribution is 6.01. The highest BCUT2D eigenvalue weighted by Crippen LogP contribution is 2.66. The predicted octanol–water partition coefficient (Wildman–Crippen LogP) is 18.8. The molecule has 0 N–H and O–H groups in total. The van der Waals surface area contributed by atoms with Crippen molar-refractivity contribution in [2.45, 2.75) is 10.8 Å². The van der Waals surface area contributed by atoms with Gasteiger partial charge in [-0.25, -0.2) is 19.9 Å². The van der Waals surface area contributed by atoms with Gasteiger partial charge in [-0.2, -0.15) is 0 Å². The fourth-order valence-electron chi connectivity index (χ4n) is 14.7. The standard InChI is InChI=1S/C78H46N4O2/c1-2-22-47(23-3-1)75-79-67-43-15-8-30-55(67)72(82-75)56-32-20-40-64-73(56)83-69-45-17-13-38-62(69)78(64)60-36-11-6-28-53(60)70-50(31-19-39-63(70)78)48-24-18-25-49(46-48)71-54-29-7-14-42-66(54)80-76(81-71)57-33-21-41-65-74(57)84-68-44-16-12-37-61(68)77(65)58-34-9-4-26-51(58)52-27-5-10-35-59(52)77/h1-46H. The zero-order chi connectivity index (χ0) is 55.1. The molecule has 0 saturated heterocycles. The van der Waals surface area contributed by atoms with Gasteiger partial charge in [0.05, 0.1) is 38.8 Å². The monoisotopic (exact) mass is 1070 g/mol. The molecule has 390 valence electrons. The van der Waals surface area contributed by atoms with E-state index < -0.39 is 10.8 Å². The van der Waals surface area contributed by atoms with Crippen molar-refractivity contribution in [1.29, 1.82) is 0 Å². The number of para-hydroxylation sites is 6. The molecule has 2 aliphatic carbocycles. The summed E-state index contributed by atoms with van der Waals surface area (Å²) in [6.07, 6.45) is 0. The number of hydrogen-bond donors (Lipinski definition) is 0. The summed E-state index contributed by atoms with van der Waals surface area (Å²) in [5.74, 6) is 4.43. The summed E-state index contributed by atoms with van der Waals surface area (Å²) in [5.41, 5.74) is 21.9. The van der Waals surface area contributed by atoms with Crippen LogP contribution in [0.5, 0.6) is 23.0 Å². The van der Waals surface area contributed by atoms with Crippen LogP contribution in [0, 0.1) is 0 Å². The van der Waals surface area contributed by atoms with Crippen LogP contribution in [-0.2, 0) is 10.8 Å².